The van der Waals surface area contributed by atoms with Gasteiger partial charge in [0.05, 0.1) is 20.2 Å². The van der Waals surface area contributed by atoms with Crippen LogP contribution in [0.3, 0.4) is 0 Å². The highest BCUT2D eigenvalue weighted by Crippen LogP contribution is 2.27. The first-order valence-electron chi connectivity index (χ1n) is 6.71. The van der Waals surface area contributed by atoms with Crippen LogP contribution in [0, 0.1) is 0 Å². The number of sulfone groups is 1. The van der Waals surface area contributed by atoms with Gasteiger partial charge in [-0.05, 0) is 51.4 Å². The molecule has 0 amide bonds. The van der Waals surface area contributed by atoms with Crippen molar-refractivity contribution >= 4 is 33.0 Å². The van der Waals surface area contributed by atoms with Gasteiger partial charge in [0, 0.05) is 6.04 Å². The Hall–Kier alpha value is -0.290. The van der Waals surface area contributed by atoms with Gasteiger partial charge in [-0.1, -0.05) is 30.1 Å². The van der Waals surface area contributed by atoms with E-state index in [0.717, 1.165) is 13.0 Å². The summed E-state index contributed by atoms with van der Waals surface area (Å²) in [7, 11) is -3.38. The minimum absolute atomic E-state index is 0.155. The molecule has 114 valence electrons. The Balaban J connectivity index is 2.84. The fourth-order valence-electron chi connectivity index (χ4n) is 1.98. The van der Waals surface area contributed by atoms with Crippen molar-refractivity contribution in [2.75, 3.05) is 6.54 Å². The SMILES string of the molecule is CCCNC(C)CC(C)S(=O)(=O)c1ccc(Cl)c(Cl)c1. The van der Waals surface area contributed by atoms with Crippen LogP contribution in [0.2, 0.25) is 10.0 Å². The van der Waals surface area contributed by atoms with Crippen LogP contribution in [-0.4, -0.2) is 26.3 Å². The molecule has 6 heteroatoms. The first-order chi connectivity index (χ1) is 9.28. The molecule has 0 aliphatic carbocycles. The zero-order chi connectivity index (χ0) is 15.3. The Kier molecular flexibility index (Phi) is 6.79. The minimum Gasteiger partial charge on any atom is -0.314 e. The molecule has 1 rings (SSSR count). The van der Waals surface area contributed by atoms with Crippen LogP contribution in [0.5, 0.6) is 0 Å². The second-order valence-corrected chi connectivity index (χ2v) is 8.20. The third kappa shape index (κ3) is 4.62. The van der Waals surface area contributed by atoms with Crippen molar-refractivity contribution in [2.24, 2.45) is 0 Å². The van der Waals surface area contributed by atoms with Crippen molar-refractivity contribution in [1.29, 1.82) is 0 Å². The third-order valence-corrected chi connectivity index (χ3v) is 6.08. The van der Waals surface area contributed by atoms with E-state index >= 15 is 0 Å². The molecule has 0 aliphatic rings. The largest absolute Gasteiger partial charge is 0.314 e. The first kappa shape index (κ1) is 17.8. The van der Waals surface area contributed by atoms with Crippen LogP contribution in [-0.2, 0) is 9.84 Å². The molecule has 2 atom stereocenters. The zero-order valence-corrected chi connectivity index (χ0v) is 14.3. The Morgan fingerprint density at radius 3 is 2.40 bits per heavy atom. The topological polar surface area (TPSA) is 46.2 Å². The van der Waals surface area contributed by atoms with E-state index in [4.69, 9.17) is 23.2 Å². The van der Waals surface area contributed by atoms with Crippen molar-refractivity contribution in [3.05, 3.63) is 28.2 Å². The number of rotatable bonds is 7. The van der Waals surface area contributed by atoms with Crippen molar-refractivity contribution in [3.63, 3.8) is 0 Å². The van der Waals surface area contributed by atoms with Gasteiger partial charge in [0.15, 0.2) is 9.84 Å². The maximum atomic E-state index is 12.5. The fourth-order valence-corrected chi connectivity index (χ4v) is 3.89. The summed E-state index contributed by atoms with van der Waals surface area (Å²) in [5, 5.41) is 3.44. The van der Waals surface area contributed by atoms with Gasteiger partial charge in [-0.15, -0.1) is 0 Å². The smallest absolute Gasteiger partial charge is 0.181 e. The summed E-state index contributed by atoms with van der Waals surface area (Å²) in [6.45, 7) is 6.69. The third-order valence-electron chi connectivity index (χ3n) is 3.18. The van der Waals surface area contributed by atoms with Gasteiger partial charge in [0.2, 0.25) is 0 Å². The number of hydrogen-bond acceptors (Lipinski definition) is 3. The molecule has 0 radical (unpaired) electrons. The zero-order valence-electron chi connectivity index (χ0n) is 12.0. The van der Waals surface area contributed by atoms with Gasteiger partial charge in [0.25, 0.3) is 0 Å². The molecule has 0 aliphatic heterocycles. The number of hydrogen-bond donors (Lipinski definition) is 1. The molecule has 20 heavy (non-hydrogen) atoms. The van der Waals surface area contributed by atoms with Crippen LogP contribution in [0.1, 0.15) is 33.6 Å². The standard InChI is InChI=1S/C14H21Cl2NO2S/c1-4-7-17-10(2)8-11(3)20(18,19)12-5-6-13(15)14(16)9-12/h5-6,9-11,17H,4,7-8H2,1-3H3. The summed E-state index contributed by atoms with van der Waals surface area (Å²) < 4.78 is 25.0. The van der Waals surface area contributed by atoms with Crippen LogP contribution in [0.25, 0.3) is 0 Å². The molecule has 0 bridgehead atoms. The van der Waals surface area contributed by atoms with E-state index < -0.39 is 15.1 Å². The summed E-state index contributed by atoms with van der Waals surface area (Å²) in [5.41, 5.74) is 0. The van der Waals surface area contributed by atoms with E-state index in [9.17, 15) is 8.42 Å². The minimum atomic E-state index is -3.38. The lowest BCUT2D eigenvalue weighted by Gasteiger charge is -2.19. The lowest BCUT2D eigenvalue weighted by atomic mass is 10.2. The van der Waals surface area contributed by atoms with Gasteiger partial charge < -0.3 is 5.32 Å². The van der Waals surface area contributed by atoms with Crippen LogP contribution in [0.15, 0.2) is 23.1 Å². The summed E-state index contributed by atoms with van der Waals surface area (Å²) in [6.07, 6.45) is 1.58. The molecule has 2 unspecified atom stereocenters. The second-order valence-electron chi connectivity index (χ2n) is 5.02. The molecule has 1 aromatic rings. The molecular formula is C14H21Cl2NO2S. The average Bonchev–Trinajstić information content (AvgIpc) is 2.39. The van der Waals surface area contributed by atoms with Crippen LogP contribution >= 0.6 is 23.2 Å². The molecule has 0 aromatic heterocycles. The van der Waals surface area contributed by atoms with Crippen molar-refractivity contribution < 1.29 is 8.42 Å². The van der Waals surface area contributed by atoms with E-state index in [2.05, 4.69) is 12.2 Å². The molecule has 1 N–H and O–H groups in total. The van der Waals surface area contributed by atoms with E-state index in [1.54, 1.807) is 6.92 Å². The first-order valence-corrected chi connectivity index (χ1v) is 9.01. The Labute approximate surface area is 131 Å². The predicted molar refractivity (Wildman–Crippen MR) is 85.5 cm³/mol. The Morgan fingerprint density at radius 2 is 1.85 bits per heavy atom. The summed E-state index contributed by atoms with van der Waals surface area (Å²) in [4.78, 5) is 0.224. The van der Waals surface area contributed by atoms with Gasteiger partial charge >= 0.3 is 0 Å². The Bertz CT molecular complexity index is 546. The lowest BCUT2D eigenvalue weighted by molar-refractivity contribution is 0.497. The van der Waals surface area contributed by atoms with Gasteiger partial charge in [-0.3, -0.25) is 0 Å². The number of benzene rings is 1. The van der Waals surface area contributed by atoms with Crippen molar-refractivity contribution in [2.45, 2.75) is 49.8 Å². The normalized spacial score (nSPS) is 15.1. The van der Waals surface area contributed by atoms with Crippen molar-refractivity contribution in [1.82, 2.24) is 5.32 Å². The molecule has 0 saturated heterocycles. The molecule has 3 nitrogen and oxygen atoms in total. The van der Waals surface area contributed by atoms with E-state index in [1.165, 1.54) is 18.2 Å². The molecule has 0 fully saturated rings. The molecule has 0 heterocycles. The maximum absolute atomic E-state index is 12.5. The van der Waals surface area contributed by atoms with Gasteiger partial charge in [-0.25, -0.2) is 8.42 Å². The highest BCUT2D eigenvalue weighted by molar-refractivity contribution is 7.92. The monoisotopic (exact) mass is 337 g/mol. The van der Waals surface area contributed by atoms with Gasteiger partial charge in [0.1, 0.15) is 0 Å². The summed E-state index contributed by atoms with van der Waals surface area (Å²) in [6, 6.07) is 4.59. The molecule has 0 saturated carbocycles. The highest BCUT2D eigenvalue weighted by Gasteiger charge is 2.25. The number of nitrogens with one attached hydrogen (secondary N) is 1. The van der Waals surface area contributed by atoms with Crippen LogP contribution < -0.4 is 5.32 Å². The molecule has 0 spiro atoms. The van der Waals surface area contributed by atoms with Crippen molar-refractivity contribution in [3.8, 4) is 0 Å². The van der Waals surface area contributed by atoms with E-state index in [1.807, 2.05) is 6.92 Å². The fraction of sp³-hybridized carbons (Fsp3) is 0.571. The average molecular weight is 338 g/mol. The van der Waals surface area contributed by atoms with Crippen LogP contribution in [0.4, 0.5) is 0 Å². The maximum Gasteiger partial charge on any atom is 0.181 e. The second kappa shape index (κ2) is 7.64. The quantitative estimate of drug-likeness (QED) is 0.819. The molecule has 1 aromatic carbocycles. The lowest BCUT2D eigenvalue weighted by Crippen LogP contribution is -2.32. The highest BCUT2D eigenvalue weighted by atomic mass is 35.5. The Morgan fingerprint density at radius 1 is 1.20 bits per heavy atom. The predicted octanol–water partition coefficient (Wildman–Crippen LogP) is 3.93. The summed E-state index contributed by atoms with van der Waals surface area (Å²) >= 11 is 11.7. The van der Waals surface area contributed by atoms with E-state index in [0.29, 0.717) is 11.4 Å². The molecular weight excluding hydrogens is 317 g/mol. The number of halogens is 2. The van der Waals surface area contributed by atoms with E-state index in [-0.39, 0.29) is 16.0 Å². The van der Waals surface area contributed by atoms with Gasteiger partial charge in [-0.2, -0.15) is 0 Å². The summed E-state index contributed by atoms with van der Waals surface area (Å²) in [5.74, 6) is 0.